The van der Waals surface area contributed by atoms with E-state index in [9.17, 15) is 0 Å². The smallest absolute Gasteiger partial charge is 0.0652 e. The molecule has 1 aromatic rings. The maximum absolute atomic E-state index is 6.23. The number of nitrogens with one attached hydrogen (secondary N) is 1. The lowest BCUT2D eigenvalue weighted by atomic mass is 9.69. The zero-order chi connectivity index (χ0) is 14.8. The fraction of sp³-hybridized carbons (Fsp3) is 0.647. The third-order valence-electron chi connectivity index (χ3n) is 5.03. The van der Waals surface area contributed by atoms with Crippen molar-refractivity contribution in [2.75, 3.05) is 5.32 Å². The molecule has 0 bridgehead atoms. The molecule has 3 heteroatoms. The van der Waals surface area contributed by atoms with Crippen molar-refractivity contribution in [1.82, 2.24) is 0 Å². The Morgan fingerprint density at radius 1 is 1.15 bits per heavy atom. The summed E-state index contributed by atoms with van der Waals surface area (Å²) in [5.74, 6) is 0.853. The van der Waals surface area contributed by atoms with Crippen molar-refractivity contribution >= 4 is 28.9 Å². The van der Waals surface area contributed by atoms with E-state index in [0.29, 0.717) is 21.5 Å². The molecule has 0 unspecified atom stereocenters. The van der Waals surface area contributed by atoms with Gasteiger partial charge in [0.25, 0.3) is 0 Å². The summed E-state index contributed by atoms with van der Waals surface area (Å²) in [6.45, 7) is 7.11. The zero-order valence-corrected chi connectivity index (χ0v) is 14.2. The molecule has 1 nitrogen and oxygen atoms in total. The molecule has 0 amide bonds. The van der Waals surface area contributed by atoms with Crippen LogP contribution in [-0.2, 0) is 0 Å². The summed E-state index contributed by atoms with van der Waals surface area (Å²) < 4.78 is 0. The van der Waals surface area contributed by atoms with Crippen molar-refractivity contribution in [2.24, 2.45) is 11.3 Å². The summed E-state index contributed by atoms with van der Waals surface area (Å²) in [4.78, 5) is 0. The van der Waals surface area contributed by atoms with Gasteiger partial charge in [-0.1, -0.05) is 50.4 Å². The molecule has 20 heavy (non-hydrogen) atoms. The Labute approximate surface area is 133 Å². The van der Waals surface area contributed by atoms with Crippen molar-refractivity contribution in [2.45, 2.75) is 58.9 Å². The second-order valence-electron chi connectivity index (χ2n) is 6.66. The minimum absolute atomic E-state index is 0.475. The molecule has 1 saturated carbocycles. The van der Waals surface area contributed by atoms with E-state index in [1.54, 1.807) is 6.07 Å². The Hall–Kier alpha value is -0.400. The first-order chi connectivity index (χ1) is 9.42. The van der Waals surface area contributed by atoms with E-state index in [4.69, 9.17) is 23.2 Å². The van der Waals surface area contributed by atoms with Crippen molar-refractivity contribution in [3.8, 4) is 0 Å². The first kappa shape index (κ1) is 16.0. The van der Waals surface area contributed by atoms with Gasteiger partial charge in [0, 0.05) is 11.1 Å². The molecule has 112 valence electrons. The Morgan fingerprint density at radius 3 is 2.35 bits per heavy atom. The molecule has 1 aliphatic rings. The van der Waals surface area contributed by atoms with Gasteiger partial charge in [-0.05, 0) is 55.2 Å². The van der Waals surface area contributed by atoms with Gasteiger partial charge >= 0.3 is 0 Å². The lowest BCUT2D eigenvalue weighted by molar-refractivity contribution is 0.147. The summed E-state index contributed by atoms with van der Waals surface area (Å²) >= 11 is 12.2. The number of benzene rings is 1. The quantitative estimate of drug-likeness (QED) is 0.678. The highest BCUT2D eigenvalue weighted by Gasteiger charge is 2.31. The Kier molecular flexibility index (Phi) is 5.25. The van der Waals surface area contributed by atoms with Gasteiger partial charge in [0.2, 0.25) is 0 Å². The highest BCUT2D eigenvalue weighted by Crippen LogP contribution is 2.41. The van der Waals surface area contributed by atoms with E-state index < -0.39 is 0 Å². The van der Waals surface area contributed by atoms with Crippen LogP contribution in [0.25, 0.3) is 0 Å². The highest BCUT2D eigenvalue weighted by molar-refractivity contribution is 6.36. The van der Waals surface area contributed by atoms with Crippen LogP contribution in [0, 0.1) is 11.3 Å². The molecule has 2 rings (SSSR count). The molecule has 0 spiro atoms. The van der Waals surface area contributed by atoms with Gasteiger partial charge in [-0.3, -0.25) is 0 Å². The van der Waals surface area contributed by atoms with E-state index >= 15 is 0 Å². The van der Waals surface area contributed by atoms with Gasteiger partial charge in [-0.2, -0.15) is 0 Å². The van der Waals surface area contributed by atoms with Crippen LogP contribution in [0.5, 0.6) is 0 Å². The zero-order valence-electron chi connectivity index (χ0n) is 12.7. The number of rotatable bonds is 4. The van der Waals surface area contributed by atoms with Crippen LogP contribution in [0.3, 0.4) is 0 Å². The minimum atomic E-state index is 0.475. The van der Waals surface area contributed by atoms with Crippen LogP contribution in [0.4, 0.5) is 5.69 Å². The molecule has 0 aliphatic heterocycles. The highest BCUT2D eigenvalue weighted by atomic mass is 35.5. The van der Waals surface area contributed by atoms with Gasteiger partial charge in [-0.15, -0.1) is 0 Å². The van der Waals surface area contributed by atoms with E-state index in [-0.39, 0.29) is 0 Å². The molecule has 0 radical (unpaired) electrons. The summed E-state index contributed by atoms with van der Waals surface area (Å²) in [5.41, 5.74) is 1.48. The SMILES string of the molecule is CCC(C)(C)C1CCC(Nc2ccc(Cl)cc2Cl)CC1. The van der Waals surface area contributed by atoms with Crippen molar-refractivity contribution in [3.05, 3.63) is 28.2 Å². The largest absolute Gasteiger partial charge is 0.381 e. The third kappa shape index (κ3) is 3.83. The lowest BCUT2D eigenvalue weighted by Crippen LogP contribution is -2.32. The van der Waals surface area contributed by atoms with Crippen LogP contribution in [-0.4, -0.2) is 6.04 Å². The van der Waals surface area contributed by atoms with Crippen LogP contribution < -0.4 is 5.32 Å². The number of hydrogen-bond donors (Lipinski definition) is 1. The molecule has 1 aliphatic carbocycles. The molecular weight excluding hydrogens is 289 g/mol. The standard InChI is InChI=1S/C17H25Cl2N/c1-4-17(2,3)12-5-8-14(9-6-12)20-16-10-7-13(18)11-15(16)19/h7,10-12,14,20H,4-6,8-9H2,1-3H3. The fourth-order valence-electron chi connectivity index (χ4n) is 3.13. The number of anilines is 1. The Bertz CT molecular complexity index is 448. The molecule has 0 saturated heterocycles. The third-order valence-corrected chi connectivity index (χ3v) is 5.58. The topological polar surface area (TPSA) is 12.0 Å². The summed E-state index contributed by atoms with van der Waals surface area (Å²) in [6.07, 6.45) is 6.34. The predicted molar refractivity (Wildman–Crippen MR) is 89.9 cm³/mol. The van der Waals surface area contributed by atoms with Crippen LogP contribution in [0.15, 0.2) is 18.2 Å². The van der Waals surface area contributed by atoms with Gasteiger partial charge in [0.05, 0.1) is 10.7 Å². The fourth-order valence-corrected chi connectivity index (χ4v) is 3.60. The molecule has 1 N–H and O–H groups in total. The number of hydrogen-bond acceptors (Lipinski definition) is 1. The van der Waals surface area contributed by atoms with E-state index in [0.717, 1.165) is 11.6 Å². The summed E-state index contributed by atoms with van der Waals surface area (Å²) in [7, 11) is 0. The monoisotopic (exact) mass is 313 g/mol. The van der Waals surface area contributed by atoms with E-state index in [2.05, 4.69) is 26.1 Å². The maximum atomic E-state index is 6.23. The Balaban J connectivity index is 1.91. The van der Waals surface area contributed by atoms with Crippen LogP contribution in [0.1, 0.15) is 52.9 Å². The van der Waals surface area contributed by atoms with Gasteiger partial charge < -0.3 is 5.32 Å². The van der Waals surface area contributed by atoms with Crippen LogP contribution in [0.2, 0.25) is 10.0 Å². The first-order valence-corrected chi connectivity index (χ1v) is 8.39. The molecule has 1 aromatic carbocycles. The Morgan fingerprint density at radius 2 is 1.80 bits per heavy atom. The number of halogens is 2. The minimum Gasteiger partial charge on any atom is -0.381 e. The normalized spacial score (nSPS) is 23.6. The van der Waals surface area contributed by atoms with Crippen molar-refractivity contribution < 1.29 is 0 Å². The van der Waals surface area contributed by atoms with Gasteiger partial charge in [0.1, 0.15) is 0 Å². The van der Waals surface area contributed by atoms with Gasteiger partial charge in [-0.25, -0.2) is 0 Å². The van der Waals surface area contributed by atoms with Crippen LogP contribution >= 0.6 is 23.2 Å². The second kappa shape index (κ2) is 6.58. The van der Waals surface area contributed by atoms with E-state index in [1.165, 1.54) is 32.1 Å². The van der Waals surface area contributed by atoms with E-state index in [1.807, 2.05) is 12.1 Å². The molecular formula is C17H25Cl2N. The molecule has 0 heterocycles. The predicted octanol–water partition coefficient (Wildman–Crippen LogP) is 6.40. The summed E-state index contributed by atoms with van der Waals surface area (Å²) in [5, 5.41) is 4.98. The molecule has 0 atom stereocenters. The van der Waals surface area contributed by atoms with Gasteiger partial charge in [0.15, 0.2) is 0 Å². The maximum Gasteiger partial charge on any atom is 0.0652 e. The van der Waals surface area contributed by atoms with Crippen molar-refractivity contribution in [3.63, 3.8) is 0 Å². The molecule has 1 fully saturated rings. The average Bonchev–Trinajstić information content (AvgIpc) is 2.42. The average molecular weight is 314 g/mol. The first-order valence-electron chi connectivity index (χ1n) is 7.64. The summed E-state index contributed by atoms with van der Waals surface area (Å²) in [6, 6.07) is 6.21. The van der Waals surface area contributed by atoms with Crippen molar-refractivity contribution in [1.29, 1.82) is 0 Å². The molecule has 0 aromatic heterocycles. The second-order valence-corrected chi connectivity index (χ2v) is 7.50. The lowest BCUT2D eigenvalue weighted by Gasteiger charge is -2.39.